The van der Waals surface area contributed by atoms with E-state index < -0.39 is 5.97 Å². The molecule has 2 rings (SSSR count). The minimum absolute atomic E-state index is 0.271. The Balaban J connectivity index is 1.76. The number of benzene rings is 1. The molecule has 0 spiro atoms. The number of carbonyl (C=O) groups is 2. The second-order valence-corrected chi connectivity index (χ2v) is 4.68. The van der Waals surface area contributed by atoms with Gasteiger partial charge < -0.3 is 15.2 Å². The van der Waals surface area contributed by atoms with E-state index in [1.807, 2.05) is 0 Å². The van der Waals surface area contributed by atoms with Crippen LogP contribution in [0.2, 0.25) is 0 Å². The Hall–Kier alpha value is -2.12. The summed E-state index contributed by atoms with van der Waals surface area (Å²) >= 11 is 0. The van der Waals surface area contributed by atoms with Crippen LogP contribution in [-0.2, 0) is 11.2 Å². The highest BCUT2D eigenvalue weighted by molar-refractivity contribution is 5.89. The third-order valence-corrected chi connectivity index (χ3v) is 3.20. The molecule has 0 bridgehead atoms. The van der Waals surface area contributed by atoms with Crippen LogP contribution in [0, 0.1) is 0 Å². The van der Waals surface area contributed by atoms with Crippen LogP contribution in [0.25, 0.3) is 0 Å². The van der Waals surface area contributed by atoms with Crippen molar-refractivity contribution in [2.24, 2.45) is 0 Å². The van der Waals surface area contributed by atoms with Gasteiger partial charge >= 0.3 is 12.0 Å². The smallest absolute Gasteiger partial charge is 0.335 e. The summed E-state index contributed by atoms with van der Waals surface area (Å²) in [4.78, 5) is 22.8. The summed E-state index contributed by atoms with van der Waals surface area (Å²) in [5, 5.41) is 13.6. The molecule has 1 aliphatic heterocycles. The minimum atomic E-state index is -0.955. The topological polar surface area (TPSA) is 90.9 Å². The van der Waals surface area contributed by atoms with Crippen LogP contribution in [0.15, 0.2) is 24.3 Å². The average Bonchev–Trinajstić information content (AvgIpc) is 2.48. The van der Waals surface area contributed by atoms with E-state index >= 15 is 0 Å². The number of ether oxygens (including phenoxy) is 1. The van der Waals surface area contributed by atoms with E-state index in [1.54, 1.807) is 29.3 Å². The van der Waals surface area contributed by atoms with Crippen LogP contribution in [0.3, 0.4) is 0 Å². The lowest BCUT2D eigenvalue weighted by Crippen LogP contribution is -2.51. The van der Waals surface area contributed by atoms with Gasteiger partial charge in [0.2, 0.25) is 0 Å². The molecule has 0 radical (unpaired) electrons. The summed E-state index contributed by atoms with van der Waals surface area (Å²) in [6.45, 7) is 2.91. The van der Waals surface area contributed by atoms with Gasteiger partial charge in [-0.05, 0) is 18.1 Å². The van der Waals surface area contributed by atoms with Crippen LogP contribution < -0.4 is 10.7 Å². The molecule has 1 heterocycles. The molecule has 0 unspecified atom stereocenters. The van der Waals surface area contributed by atoms with Crippen molar-refractivity contribution >= 4 is 12.0 Å². The number of nitrogens with one attached hydrogen (secondary N) is 2. The molecule has 1 aromatic rings. The maximum absolute atomic E-state index is 11.7. The number of nitrogens with zero attached hydrogens (tertiary/aromatic N) is 1. The monoisotopic (exact) mass is 293 g/mol. The predicted molar refractivity (Wildman–Crippen MR) is 76.0 cm³/mol. The number of hydrogen-bond donors (Lipinski definition) is 3. The van der Waals surface area contributed by atoms with Gasteiger partial charge in [-0.15, -0.1) is 0 Å². The zero-order chi connectivity index (χ0) is 15.1. The van der Waals surface area contributed by atoms with Crippen molar-refractivity contribution in [3.8, 4) is 0 Å². The number of urea groups is 1. The Morgan fingerprint density at radius 2 is 1.95 bits per heavy atom. The highest BCUT2D eigenvalue weighted by Gasteiger charge is 2.13. The van der Waals surface area contributed by atoms with Gasteiger partial charge in [0.15, 0.2) is 0 Å². The molecule has 7 nitrogen and oxygen atoms in total. The molecule has 1 fully saturated rings. The summed E-state index contributed by atoms with van der Waals surface area (Å²) in [6.07, 6.45) is 0.471. The zero-order valence-electron chi connectivity index (χ0n) is 11.7. The Bertz CT molecular complexity index is 501. The van der Waals surface area contributed by atoms with E-state index in [2.05, 4.69) is 10.7 Å². The van der Waals surface area contributed by atoms with Gasteiger partial charge in [0.25, 0.3) is 0 Å². The van der Waals surface area contributed by atoms with E-state index in [4.69, 9.17) is 9.84 Å². The molecule has 21 heavy (non-hydrogen) atoms. The molecule has 1 aromatic carbocycles. The maximum atomic E-state index is 11.7. The lowest BCUT2D eigenvalue weighted by Gasteiger charge is -2.26. The minimum Gasteiger partial charge on any atom is -0.478 e. The van der Waals surface area contributed by atoms with Crippen LogP contribution in [0.5, 0.6) is 0 Å². The van der Waals surface area contributed by atoms with E-state index in [0.29, 0.717) is 44.8 Å². The van der Waals surface area contributed by atoms with E-state index in [9.17, 15) is 9.59 Å². The summed E-state index contributed by atoms with van der Waals surface area (Å²) in [5.74, 6) is -0.955. The van der Waals surface area contributed by atoms with Gasteiger partial charge in [0.1, 0.15) is 0 Å². The van der Waals surface area contributed by atoms with Gasteiger partial charge in [-0.1, -0.05) is 18.2 Å². The molecule has 2 amide bonds. The van der Waals surface area contributed by atoms with E-state index in [0.717, 1.165) is 0 Å². The third-order valence-electron chi connectivity index (χ3n) is 3.20. The van der Waals surface area contributed by atoms with Gasteiger partial charge in [0.05, 0.1) is 18.8 Å². The number of rotatable bonds is 5. The molecular formula is C14H19N3O4. The van der Waals surface area contributed by atoms with Crippen LogP contribution in [0.4, 0.5) is 4.79 Å². The van der Waals surface area contributed by atoms with Gasteiger partial charge in [-0.3, -0.25) is 5.43 Å². The molecule has 0 atom stereocenters. The summed E-state index contributed by atoms with van der Waals surface area (Å²) < 4.78 is 5.19. The van der Waals surface area contributed by atoms with Gasteiger partial charge in [-0.2, -0.15) is 0 Å². The maximum Gasteiger partial charge on any atom is 0.335 e. The first kappa shape index (κ1) is 15.3. The number of carboxylic acid groups (broad SMARTS) is 1. The zero-order valence-corrected chi connectivity index (χ0v) is 11.7. The van der Waals surface area contributed by atoms with Gasteiger partial charge in [-0.25, -0.2) is 14.6 Å². The number of carbonyl (C=O) groups excluding carboxylic acids is 1. The second kappa shape index (κ2) is 7.61. The van der Waals surface area contributed by atoms with Crippen molar-refractivity contribution in [1.82, 2.24) is 15.8 Å². The van der Waals surface area contributed by atoms with E-state index in [-0.39, 0.29) is 11.6 Å². The highest BCUT2D eigenvalue weighted by Crippen LogP contribution is 2.08. The number of hydrogen-bond acceptors (Lipinski definition) is 4. The Morgan fingerprint density at radius 1 is 1.24 bits per heavy atom. The Kier molecular flexibility index (Phi) is 5.53. The lowest BCUT2D eigenvalue weighted by atomic mass is 10.0. The number of carboxylic acids is 1. The number of morpholine rings is 1. The molecule has 1 saturated heterocycles. The normalized spacial score (nSPS) is 15.4. The van der Waals surface area contributed by atoms with Crippen LogP contribution in [-0.4, -0.2) is 55.0 Å². The van der Waals surface area contributed by atoms with Crippen molar-refractivity contribution in [2.75, 3.05) is 32.8 Å². The number of amides is 2. The van der Waals surface area contributed by atoms with Crippen molar-refractivity contribution < 1.29 is 19.4 Å². The predicted octanol–water partition coefficient (Wildman–Crippen LogP) is 0.474. The number of aromatic carboxylic acids is 1. The average molecular weight is 293 g/mol. The highest BCUT2D eigenvalue weighted by atomic mass is 16.5. The molecule has 0 aliphatic carbocycles. The van der Waals surface area contributed by atoms with Crippen molar-refractivity contribution in [1.29, 1.82) is 0 Å². The van der Waals surface area contributed by atoms with E-state index in [1.165, 1.54) is 0 Å². The Morgan fingerprint density at radius 3 is 2.67 bits per heavy atom. The molecule has 1 aliphatic rings. The second-order valence-electron chi connectivity index (χ2n) is 4.68. The van der Waals surface area contributed by atoms with Crippen LogP contribution in [0.1, 0.15) is 15.9 Å². The third kappa shape index (κ3) is 4.73. The molecule has 0 saturated carbocycles. The summed E-state index contributed by atoms with van der Waals surface area (Å²) in [6, 6.07) is 6.50. The largest absolute Gasteiger partial charge is 0.478 e. The summed E-state index contributed by atoms with van der Waals surface area (Å²) in [7, 11) is 0. The quantitative estimate of drug-likeness (QED) is 0.734. The first-order chi connectivity index (χ1) is 10.2. The Labute approximate surface area is 122 Å². The fourth-order valence-corrected chi connectivity index (χ4v) is 2.12. The molecular weight excluding hydrogens is 274 g/mol. The first-order valence-corrected chi connectivity index (χ1v) is 6.85. The molecule has 114 valence electrons. The number of hydrazine groups is 1. The lowest BCUT2D eigenvalue weighted by molar-refractivity contribution is 0.0195. The molecule has 7 heteroatoms. The first-order valence-electron chi connectivity index (χ1n) is 6.85. The van der Waals surface area contributed by atoms with Crippen molar-refractivity contribution in [3.05, 3.63) is 35.4 Å². The fourth-order valence-electron chi connectivity index (χ4n) is 2.12. The summed E-state index contributed by atoms with van der Waals surface area (Å²) in [5.41, 5.74) is 3.71. The SMILES string of the molecule is O=C(NCCc1ccccc1C(=O)O)NN1CCOCC1. The van der Waals surface area contributed by atoms with Crippen LogP contribution >= 0.6 is 0 Å². The van der Waals surface area contributed by atoms with Gasteiger partial charge in [0, 0.05) is 19.6 Å². The standard InChI is InChI=1S/C14H19N3O4/c18-13(19)12-4-2-1-3-11(12)5-6-15-14(20)16-17-7-9-21-10-8-17/h1-4H,5-10H2,(H,18,19)(H2,15,16,20). The van der Waals surface area contributed by atoms with Crippen molar-refractivity contribution in [3.63, 3.8) is 0 Å². The fraction of sp³-hybridized carbons (Fsp3) is 0.429. The molecule has 0 aromatic heterocycles. The van der Waals surface area contributed by atoms with Crippen molar-refractivity contribution in [2.45, 2.75) is 6.42 Å². The molecule has 3 N–H and O–H groups in total.